The van der Waals surface area contributed by atoms with Crippen molar-refractivity contribution in [3.63, 3.8) is 0 Å². The summed E-state index contributed by atoms with van der Waals surface area (Å²) in [7, 11) is -2.91. The van der Waals surface area contributed by atoms with Gasteiger partial charge in [0.2, 0.25) is 0 Å². The summed E-state index contributed by atoms with van der Waals surface area (Å²) in [4.78, 5) is 9.83. The maximum atomic E-state index is 12.6. The quantitative estimate of drug-likeness (QED) is 0.554. The molecule has 2 aromatic carbocycles. The number of nitrogens with zero attached hydrogens (tertiary/aromatic N) is 2. The minimum absolute atomic E-state index is 0.0147. The van der Waals surface area contributed by atoms with E-state index < -0.39 is 14.9 Å². The predicted octanol–water partition coefficient (Wildman–Crippen LogP) is 2.55. The number of fused-ring (bicyclic) bond motifs is 1. The number of nitrogens with one attached hydrogen (secondary N) is 1. The van der Waals surface area contributed by atoms with Gasteiger partial charge in [0.1, 0.15) is 10.6 Å². The topological polar surface area (TPSA) is 125 Å². The lowest BCUT2D eigenvalue weighted by molar-refractivity contribution is -0.385. The average Bonchev–Trinajstić information content (AvgIpc) is 2.96. The number of hydrogen-bond donors (Lipinski definition) is 1. The Bertz CT molecular complexity index is 1030. The minimum Gasteiger partial charge on any atom is -0.495 e. The van der Waals surface area contributed by atoms with Crippen molar-refractivity contribution in [2.75, 3.05) is 11.8 Å². The molecule has 3 aromatic rings. The van der Waals surface area contributed by atoms with Crippen LogP contribution in [0.4, 0.5) is 11.5 Å². The molecule has 0 radical (unpaired) electrons. The van der Waals surface area contributed by atoms with Gasteiger partial charge in [-0.15, -0.1) is 0 Å². The van der Waals surface area contributed by atoms with Gasteiger partial charge in [-0.3, -0.25) is 14.8 Å². The van der Waals surface area contributed by atoms with Crippen LogP contribution in [0.1, 0.15) is 0 Å². The van der Waals surface area contributed by atoms with Crippen LogP contribution in [-0.4, -0.2) is 25.6 Å². The first kappa shape index (κ1) is 15.7. The highest BCUT2D eigenvalue weighted by atomic mass is 32.2. The normalized spacial score (nSPS) is 11.4. The van der Waals surface area contributed by atoms with Crippen molar-refractivity contribution in [2.45, 2.75) is 4.90 Å². The van der Waals surface area contributed by atoms with Crippen LogP contribution in [0.25, 0.3) is 11.0 Å². The monoisotopic (exact) mass is 349 g/mol. The highest BCUT2D eigenvalue weighted by Crippen LogP contribution is 2.31. The molecule has 0 spiro atoms. The van der Waals surface area contributed by atoms with Crippen molar-refractivity contribution in [1.29, 1.82) is 0 Å². The fourth-order valence-electron chi connectivity index (χ4n) is 2.13. The van der Waals surface area contributed by atoms with Crippen LogP contribution in [0.15, 0.2) is 51.9 Å². The number of aromatic nitrogens is 1. The van der Waals surface area contributed by atoms with E-state index in [-0.39, 0.29) is 22.2 Å². The van der Waals surface area contributed by atoms with E-state index in [1.807, 2.05) is 0 Å². The van der Waals surface area contributed by atoms with Gasteiger partial charge in [0, 0.05) is 12.1 Å². The lowest BCUT2D eigenvalue weighted by atomic mass is 10.2. The van der Waals surface area contributed by atoms with Crippen LogP contribution >= 0.6 is 0 Å². The summed E-state index contributed by atoms with van der Waals surface area (Å²) in [5.74, 6) is -0.0416. The molecule has 0 aliphatic rings. The fourth-order valence-corrected chi connectivity index (χ4v) is 3.33. The molecule has 0 fully saturated rings. The van der Waals surface area contributed by atoms with Crippen molar-refractivity contribution >= 4 is 32.5 Å². The van der Waals surface area contributed by atoms with E-state index in [4.69, 9.17) is 9.26 Å². The van der Waals surface area contributed by atoms with Gasteiger partial charge in [-0.2, -0.15) is 0 Å². The van der Waals surface area contributed by atoms with Crippen LogP contribution < -0.4 is 9.46 Å². The number of sulfonamides is 1. The maximum Gasteiger partial charge on any atom is 0.271 e. The molecule has 0 atom stereocenters. The first-order chi connectivity index (χ1) is 11.4. The second-order valence-corrected chi connectivity index (χ2v) is 6.38. The molecule has 0 aliphatic heterocycles. The van der Waals surface area contributed by atoms with Gasteiger partial charge >= 0.3 is 0 Å². The molecule has 0 aliphatic carbocycles. The molecule has 1 heterocycles. The third kappa shape index (κ3) is 2.74. The second kappa shape index (κ2) is 5.81. The van der Waals surface area contributed by atoms with E-state index in [1.165, 1.54) is 13.2 Å². The van der Waals surface area contributed by atoms with E-state index in [0.29, 0.717) is 11.0 Å². The summed E-state index contributed by atoms with van der Waals surface area (Å²) >= 11 is 0. The van der Waals surface area contributed by atoms with Gasteiger partial charge in [-0.25, -0.2) is 8.42 Å². The van der Waals surface area contributed by atoms with Crippen molar-refractivity contribution in [3.8, 4) is 5.75 Å². The highest BCUT2D eigenvalue weighted by Gasteiger charge is 2.25. The third-order valence-electron chi connectivity index (χ3n) is 3.26. The molecule has 3 rings (SSSR count). The maximum absolute atomic E-state index is 12.6. The zero-order valence-corrected chi connectivity index (χ0v) is 13.1. The summed E-state index contributed by atoms with van der Waals surface area (Å²) in [5, 5.41) is 15.0. The first-order valence-corrected chi connectivity index (χ1v) is 8.10. The van der Waals surface area contributed by atoms with Gasteiger partial charge in [-0.05, 0) is 18.2 Å². The third-order valence-corrected chi connectivity index (χ3v) is 4.62. The molecule has 0 unspecified atom stereocenters. The summed E-state index contributed by atoms with van der Waals surface area (Å²) in [6.45, 7) is 0. The van der Waals surface area contributed by atoms with Crippen LogP contribution in [0, 0.1) is 10.1 Å². The van der Waals surface area contributed by atoms with Gasteiger partial charge in [0.05, 0.1) is 17.4 Å². The Kier molecular flexibility index (Phi) is 3.81. The first-order valence-electron chi connectivity index (χ1n) is 6.62. The molecule has 1 aromatic heterocycles. The molecule has 24 heavy (non-hydrogen) atoms. The lowest BCUT2D eigenvalue weighted by Crippen LogP contribution is -2.14. The number of anilines is 1. The zero-order valence-electron chi connectivity index (χ0n) is 12.3. The summed E-state index contributed by atoms with van der Waals surface area (Å²) in [5.41, 5.74) is 0.0300. The van der Waals surface area contributed by atoms with Crippen molar-refractivity contribution in [3.05, 3.63) is 52.6 Å². The Morgan fingerprint density at radius 1 is 1.25 bits per heavy atom. The van der Waals surface area contributed by atoms with Crippen LogP contribution in [0.2, 0.25) is 0 Å². The Hall–Kier alpha value is -3.14. The number of methoxy groups -OCH3 is 1. The Morgan fingerprint density at radius 3 is 2.71 bits per heavy atom. The highest BCUT2D eigenvalue weighted by molar-refractivity contribution is 7.92. The summed E-state index contributed by atoms with van der Waals surface area (Å²) in [6.07, 6.45) is 0. The number of non-ortho nitro benzene ring substituents is 1. The van der Waals surface area contributed by atoms with Crippen molar-refractivity contribution in [2.24, 2.45) is 0 Å². The molecule has 9 nitrogen and oxygen atoms in total. The largest absolute Gasteiger partial charge is 0.495 e. The standard InChI is InChI=1S/C14H11N3O6S/c1-22-12-7-6-9(17(18)19)8-13(12)24(20,21)16-14-10-4-2-3-5-11(10)23-15-14/h2-8H,1H3,(H,15,16). The number of nitro groups is 1. The molecule has 124 valence electrons. The number of nitro benzene ring substituents is 1. The number of rotatable bonds is 5. The van der Waals surface area contributed by atoms with Crippen LogP contribution in [0.5, 0.6) is 5.75 Å². The molecule has 0 bridgehead atoms. The van der Waals surface area contributed by atoms with E-state index in [9.17, 15) is 18.5 Å². The summed E-state index contributed by atoms with van der Waals surface area (Å²) < 4.78 is 37.5. The SMILES string of the molecule is COc1ccc([N+](=O)[O-])cc1S(=O)(=O)Nc1noc2ccccc12. The van der Waals surface area contributed by atoms with Gasteiger partial charge in [-0.1, -0.05) is 17.3 Å². The Labute approximate surface area is 136 Å². The smallest absolute Gasteiger partial charge is 0.271 e. The molecular formula is C14H11N3O6S. The number of para-hydroxylation sites is 1. The Balaban J connectivity index is 2.07. The van der Waals surface area contributed by atoms with Gasteiger partial charge in [0.25, 0.3) is 15.7 Å². The van der Waals surface area contributed by atoms with Crippen molar-refractivity contribution in [1.82, 2.24) is 5.16 Å². The number of ether oxygens (including phenoxy) is 1. The minimum atomic E-state index is -4.18. The van der Waals surface area contributed by atoms with Crippen molar-refractivity contribution < 1.29 is 22.6 Å². The molecule has 10 heteroatoms. The number of benzene rings is 2. The van der Waals surface area contributed by atoms with E-state index >= 15 is 0 Å². The molecule has 0 saturated heterocycles. The van der Waals surface area contributed by atoms with Crippen LogP contribution in [0.3, 0.4) is 0 Å². The molecule has 0 amide bonds. The molecule has 0 saturated carbocycles. The number of hydrogen-bond acceptors (Lipinski definition) is 7. The zero-order chi connectivity index (χ0) is 17.3. The second-order valence-electron chi connectivity index (χ2n) is 4.73. The lowest BCUT2D eigenvalue weighted by Gasteiger charge is -2.09. The average molecular weight is 349 g/mol. The summed E-state index contributed by atoms with van der Waals surface area (Å²) in [6, 6.07) is 9.98. The Morgan fingerprint density at radius 2 is 2.00 bits per heavy atom. The van der Waals surface area contributed by atoms with Crippen LogP contribution in [-0.2, 0) is 10.0 Å². The molecule has 1 N–H and O–H groups in total. The van der Waals surface area contributed by atoms with Gasteiger partial charge < -0.3 is 9.26 Å². The van der Waals surface area contributed by atoms with E-state index in [2.05, 4.69) is 9.88 Å². The van der Waals surface area contributed by atoms with E-state index in [1.54, 1.807) is 24.3 Å². The van der Waals surface area contributed by atoms with Gasteiger partial charge in [0.15, 0.2) is 11.4 Å². The molecular weight excluding hydrogens is 338 g/mol. The fraction of sp³-hybridized carbons (Fsp3) is 0.0714. The predicted molar refractivity (Wildman–Crippen MR) is 84.5 cm³/mol. The van der Waals surface area contributed by atoms with E-state index in [0.717, 1.165) is 12.1 Å².